The molecule has 0 bridgehead atoms. The molecule has 0 aliphatic heterocycles. The van der Waals surface area contributed by atoms with Gasteiger partial charge in [-0.05, 0) is 29.7 Å². The Morgan fingerprint density at radius 3 is 2.06 bits per heavy atom. The quantitative estimate of drug-likeness (QED) is 0.479. The first kappa shape index (κ1) is 23.1. The molecule has 3 aromatic rings. The van der Waals surface area contributed by atoms with Crippen LogP contribution in [-0.4, -0.2) is 40.3 Å². The predicted molar refractivity (Wildman–Crippen MR) is 125 cm³/mol. The van der Waals surface area contributed by atoms with Gasteiger partial charge in [0.25, 0.3) is 5.91 Å². The number of esters is 1. The van der Waals surface area contributed by atoms with Crippen LogP contribution in [0.4, 0.5) is 5.00 Å². The molecule has 8 heteroatoms. The zero-order chi connectivity index (χ0) is 23.3. The molecule has 0 unspecified atom stereocenters. The topological polar surface area (TPSA) is 83.1 Å². The molecular weight excluding hydrogens is 430 g/mol. The fourth-order valence-electron chi connectivity index (χ4n) is 3.27. The lowest BCUT2D eigenvalue weighted by molar-refractivity contribution is 0.0603. The van der Waals surface area contributed by atoms with Gasteiger partial charge in [0.15, 0.2) is 11.5 Å². The Morgan fingerprint density at radius 2 is 1.56 bits per heavy atom. The number of aryl methyl sites for hydroxylation is 1. The summed E-state index contributed by atoms with van der Waals surface area (Å²) < 4.78 is 20.9. The number of benzene rings is 2. The van der Waals surface area contributed by atoms with E-state index in [9.17, 15) is 9.59 Å². The minimum absolute atomic E-state index is 0.289. The fourth-order valence-corrected chi connectivity index (χ4v) is 4.23. The van der Waals surface area contributed by atoms with Crippen LogP contribution < -0.4 is 19.5 Å². The smallest absolute Gasteiger partial charge is 0.341 e. The minimum atomic E-state index is -0.527. The molecule has 0 spiro atoms. The van der Waals surface area contributed by atoms with Gasteiger partial charge in [0.2, 0.25) is 5.75 Å². The van der Waals surface area contributed by atoms with Crippen LogP contribution in [0.1, 0.15) is 33.2 Å². The van der Waals surface area contributed by atoms with E-state index in [1.54, 1.807) is 12.1 Å². The maximum Gasteiger partial charge on any atom is 0.341 e. The highest BCUT2D eigenvalue weighted by molar-refractivity contribution is 7.15. The van der Waals surface area contributed by atoms with Gasteiger partial charge in [-0.3, -0.25) is 4.79 Å². The van der Waals surface area contributed by atoms with Crippen LogP contribution in [0.5, 0.6) is 17.2 Å². The van der Waals surface area contributed by atoms with Crippen LogP contribution in [-0.2, 0) is 11.2 Å². The summed E-state index contributed by atoms with van der Waals surface area (Å²) in [5.74, 6) is 0.141. The van der Waals surface area contributed by atoms with Crippen LogP contribution in [0.15, 0.2) is 41.8 Å². The minimum Gasteiger partial charge on any atom is -0.493 e. The van der Waals surface area contributed by atoms with Crippen molar-refractivity contribution in [3.63, 3.8) is 0 Å². The van der Waals surface area contributed by atoms with Crippen LogP contribution in [0.3, 0.4) is 0 Å². The van der Waals surface area contributed by atoms with Gasteiger partial charge in [-0.2, -0.15) is 0 Å². The lowest BCUT2D eigenvalue weighted by Crippen LogP contribution is -2.14. The number of amides is 1. The molecule has 0 aliphatic carbocycles. The summed E-state index contributed by atoms with van der Waals surface area (Å²) in [6, 6.07) is 11.0. The van der Waals surface area contributed by atoms with Crippen molar-refractivity contribution in [3.8, 4) is 28.4 Å². The van der Waals surface area contributed by atoms with Crippen LogP contribution in [0, 0.1) is 0 Å². The zero-order valence-corrected chi connectivity index (χ0v) is 19.4. The summed E-state index contributed by atoms with van der Waals surface area (Å²) in [6.07, 6.45) is 0.921. The molecule has 0 aliphatic rings. The average molecular weight is 456 g/mol. The van der Waals surface area contributed by atoms with Gasteiger partial charge >= 0.3 is 5.97 Å². The SMILES string of the molecule is CCc1ccc(-c2csc(NC(=O)c3cc(OC)c(OC)c(OC)c3)c2C(=O)OC)cc1. The number of rotatable bonds is 8. The van der Waals surface area contributed by atoms with E-state index in [-0.39, 0.29) is 5.56 Å². The van der Waals surface area contributed by atoms with Gasteiger partial charge in [0.1, 0.15) is 10.6 Å². The number of methoxy groups -OCH3 is 4. The lowest BCUT2D eigenvalue weighted by Gasteiger charge is -2.14. The summed E-state index contributed by atoms with van der Waals surface area (Å²) in [4.78, 5) is 25.6. The molecule has 32 heavy (non-hydrogen) atoms. The van der Waals surface area contributed by atoms with E-state index < -0.39 is 11.9 Å². The number of hydrogen-bond donors (Lipinski definition) is 1. The molecule has 7 nitrogen and oxygen atoms in total. The molecule has 2 aromatic carbocycles. The van der Waals surface area contributed by atoms with Gasteiger partial charge in [0.05, 0.1) is 28.4 Å². The highest BCUT2D eigenvalue weighted by atomic mass is 32.1. The normalized spacial score (nSPS) is 10.4. The molecule has 0 atom stereocenters. The maximum absolute atomic E-state index is 13.0. The Bertz CT molecular complexity index is 1100. The van der Waals surface area contributed by atoms with Crippen molar-refractivity contribution in [1.82, 2.24) is 0 Å². The second-order valence-electron chi connectivity index (χ2n) is 6.76. The van der Waals surface area contributed by atoms with Crippen LogP contribution in [0.25, 0.3) is 11.1 Å². The third-order valence-corrected chi connectivity index (χ3v) is 5.90. The first-order valence-corrected chi connectivity index (χ1v) is 10.8. The van der Waals surface area contributed by atoms with Gasteiger partial charge in [-0.15, -0.1) is 11.3 Å². The molecule has 0 radical (unpaired) electrons. The van der Waals surface area contributed by atoms with E-state index >= 15 is 0 Å². The summed E-state index contributed by atoms with van der Waals surface area (Å²) in [6.45, 7) is 2.08. The van der Waals surface area contributed by atoms with Crippen molar-refractivity contribution in [2.45, 2.75) is 13.3 Å². The maximum atomic E-state index is 13.0. The second kappa shape index (κ2) is 10.2. The molecule has 0 saturated carbocycles. The van der Waals surface area contributed by atoms with Crippen molar-refractivity contribution < 1.29 is 28.5 Å². The van der Waals surface area contributed by atoms with E-state index in [0.717, 1.165) is 12.0 Å². The highest BCUT2D eigenvalue weighted by Gasteiger charge is 2.24. The number of ether oxygens (including phenoxy) is 4. The number of carbonyl (C=O) groups excluding carboxylic acids is 2. The van der Waals surface area contributed by atoms with Crippen molar-refractivity contribution in [1.29, 1.82) is 0 Å². The largest absolute Gasteiger partial charge is 0.493 e. The third kappa shape index (κ3) is 4.55. The molecule has 168 valence electrons. The van der Waals surface area contributed by atoms with Crippen LogP contribution in [0.2, 0.25) is 0 Å². The van der Waals surface area contributed by atoms with Crippen molar-refractivity contribution in [2.75, 3.05) is 33.8 Å². The van der Waals surface area contributed by atoms with E-state index in [2.05, 4.69) is 12.2 Å². The average Bonchev–Trinajstić information content (AvgIpc) is 3.25. The van der Waals surface area contributed by atoms with E-state index in [4.69, 9.17) is 18.9 Å². The number of carbonyl (C=O) groups is 2. The van der Waals surface area contributed by atoms with Gasteiger partial charge in [0, 0.05) is 16.5 Å². The van der Waals surface area contributed by atoms with Gasteiger partial charge in [-0.25, -0.2) is 4.79 Å². The summed E-state index contributed by atoms with van der Waals surface area (Å²) >= 11 is 1.26. The Hall–Kier alpha value is -3.52. The third-order valence-electron chi connectivity index (χ3n) is 5.01. The van der Waals surface area contributed by atoms with E-state index in [1.165, 1.54) is 45.3 Å². The molecule has 1 aromatic heterocycles. The Kier molecular flexibility index (Phi) is 7.37. The molecule has 0 fully saturated rings. The fraction of sp³-hybridized carbons (Fsp3) is 0.250. The molecule has 3 rings (SSSR count). The zero-order valence-electron chi connectivity index (χ0n) is 18.6. The van der Waals surface area contributed by atoms with Crippen LogP contribution >= 0.6 is 11.3 Å². The summed E-state index contributed by atoms with van der Waals surface area (Å²) in [5.41, 5.74) is 3.36. The lowest BCUT2D eigenvalue weighted by atomic mass is 10.0. The Morgan fingerprint density at radius 1 is 0.938 bits per heavy atom. The van der Waals surface area contributed by atoms with Gasteiger partial charge < -0.3 is 24.3 Å². The molecule has 1 amide bonds. The monoisotopic (exact) mass is 455 g/mol. The number of thiophene rings is 1. The van der Waals surface area contributed by atoms with Gasteiger partial charge in [-0.1, -0.05) is 31.2 Å². The summed E-state index contributed by atoms with van der Waals surface area (Å²) in [5, 5.41) is 5.05. The van der Waals surface area contributed by atoms with Crippen molar-refractivity contribution in [2.24, 2.45) is 0 Å². The van der Waals surface area contributed by atoms with Crippen molar-refractivity contribution in [3.05, 3.63) is 58.5 Å². The molecule has 1 heterocycles. The highest BCUT2D eigenvalue weighted by Crippen LogP contribution is 2.40. The Labute approximate surface area is 190 Å². The number of anilines is 1. The summed E-state index contributed by atoms with van der Waals surface area (Å²) in [7, 11) is 5.76. The molecule has 1 N–H and O–H groups in total. The first-order chi connectivity index (χ1) is 15.5. The molecule has 0 saturated heterocycles. The van der Waals surface area contributed by atoms with Crippen molar-refractivity contribution >= 4 is 28.2 Å². The molecular formula is C24H25NO6S. The Balaban J connectivity index is 1.99. The van der Waals surface area contributed by atoms with E-state index in [1.807, 2.05) is 29.6 Å². The standard InChI is InChI=1S/C24H25NO6S/c1-6-14-7-9-15(10-8-14)17-13-32-23(20(17)24(27)31-5)25-22(26)16-11-18(28-2)21(30-4)19(12-16)29-3/h7-13H,6H2,1-5H3,(H,25,26). The first-order valence-electron chi connectivity index (χ1n) is 9.87. The predicted octanol–water partition coefficient (Wildman–Crippen LogP) is 5.04. The van der Waals surface area contributed by atoms with E-state index in [0.29, 0.717) is 33.4 Å². The number of nitrogens with one attached hydrogen (secondary N) is 1. The number of hydrogen-bond acceptors (Lipinski definition) is 7. The second-order valence-corrected chi connectivity index (χ2v) is 7.64.